The number of carbonyl (C=O) groups excluding carboxylic acids is 1. The van der Waals surface area contributed by atoms with Crippen molar-refractivity contribution in [2.75, 3.05) is 13.1 Å². The van der Waals surface area contributed by atoms with Gasteiger partial charge in [0.2, 0.25) is 0 Å². The number of aliphatic carboxylic acids is 1. The minimum absolute atomic E-state index is 0.00176. The molecule has 2 rings (SSSR count). The predicted octanol–water partition coefficient (Wildman–Crippen LogP) is 2.23. The molecular formula is C16H28N2O4. The molecule has 0 aromatic heterocycles. The number of rotatable bonds is 4. The van der Waals surface area contributed by atoms with Crippen LogP contribution in [0.4, 0.5) is 4.79 Å². The lowest BCUT2D eigenvalue weighted by Gasteiger charge is -2.48. The molecule has 0 aromatic rings. The van der Waals surface area contributed by atoms with E-state index in [2.05, 4.69) is 5.32 Å². The number of piperidine rings is 1. The van der Waals surface area contributed by atoms with Gasteiger partial charge in [-0.1, -0.05) is 6.92 Å². The number of nitrogens with zero attached hydrogens (tertiary/aromatic N) is 1. The summed E-state index contributed by atoms with van der Waals surface area (Å²) >= 11 is 0. The maximum atomic E-state index is 12.7. The van der Waals surface area contributed by atoms with E-state index in [9.17, 15) is 14.7 Å². The van der Waals surface area contributed by atoms with Crippen LogP contribution in [0.5, 0.6) is 0 Å². The van der Waals surface area contributed by atoms with Crippen LogP contribution >= 0.6 is 0 Å². The lowest BCUT2D eigenvalue weighted by molar-refractivity contribution is -0.158. The van der Waals surface area contributed by atoms with E-state index < -0.39 is 23.2 Å². The molecule has 0 aromatic carbocycles. The average molecular weight is 312 g/mol. The maximum Gasteiger partial charge on any atom is 0.411 e. The lowest BCUT2D eigenvalue weighted by atomic mass is 9.75. The molecule has 2 aliphatic rings. The first kappa shape index (κ1) is 17.1. The summed E-state index contributed by atoms with van der Waals surface area (Å²) in [5.74, 6) is -1.01. The second-order valence-corrected chi connectivity index (χ2v) is 7.37. The van der Waals surface area contributed by atoms with E-state index >= 15 is 0 Å². The Kier molecular flexibility index (Phi) is 4.70. The molecule has 2 unspecified atom stereocenters. The Hall–Kier alpha value is -1.30. The highest BCUT2D eigenvalue weighted by Gasteiger charge is 2.57. The van der Waals surface area contributed by atoms with Crippen LogP contribution in [0.25, 0.3) is 0 Å². The summed E-state index contributed by atoms with van der Waals surface area (Å²) in [5, 5.41) is 13.3. The maximum absolute atomic E-state index is 12.7. The lowest BCUT2D eigenvalue weighted by Crippen LogP contribution is -2.67. The first-order chi connectivity index (χ1) is 10.2. The number of hydrogen-bond donors (Lipinski definition) is 2. The minimum atomic E-state index is -1.15. The third-order valence-corrected chi connectivity index (χ3v) is 4.54. The SMILES string of the molecule is CCC1CNCCC1(C(=O)O)N(C(=O)OC(C)(C)C)C1CC1. The van der Waals surface area contributed by atoms with Gasteiger partial charge in [0.15, 0.2) is 0 Å². The minimum Gasteiger partial charge on any atom is -0.479 e. The van der Waals surface area contributed by atoms with Gasteiger partial charge in [-0.05, 0) is 53.0 Å². The van der Waals surface area contributed by atoms with Crippen molar-refractivity contribution in [3.05, 3.63) is 0 Å². The van der Waals surface area contributed by atoms with Crippen LogP contribution in [0, 0.1) is 5.92 Å². The largest absolute Gasteiger partial charge is 0.479 e. The molecule has 0 bridgehead atoms. The van der Waals surface area contributed by atoms with Crippen LogP contribution in [0.3, 0.4) is 0 Å². The third kappa shape index (κ3) is 3.21. The van der Waals surface area contributed by atoms with Crippen LogP contribution in [-0.2, 0) is 9.53 Å². The summed E-state index contributed by atoms with van der Waals surface area (Å²) in [6.07, 6.45) is 2.37. The number of ether oxygens (including phenoxy) is 1. The Morgan fingerprint density at radius 2 is 2.00 bits per heavy atom. The molecule has 2 fully saturated rings. The fourth-order valence-electron chi connectivity index (χ4n) is 3.39. The topological polar surface area (TPSA) is 78.9 Å². The zero-order valence-corrected chi connectivity index (χ0v) is 14.0. The standard InChI is InChI=1S/C16H28N2O4/c1-5-11-10-17-9-8-16(11,13(19)20)18(12-6-7-12)14(21)22-15(2,3)4/h11-12,17H,5-10H2,1-4H3,(H,19,20). The van der Waals surface area contributed by atoms with Crippen molar-refractivity contribution in [1.29, 1.82) is 0 Å². The molecule has 22 heavy (non-hydrogen) atoms. The van der Waals surface area contributed by atoms with Gasteiger partial charge in [-0.15, -0.1) is 0 Å². The van der Waals surface area contributed by atoms with Gasteiger partial charge in [0.25, 0.3) is 0 Å². The molecule has 2 N–H and O–H groups in total. The highest BCUT2D eigenvalue weighted by molar-refractivity contribution is 5.85. The average Bonchev–Trinajstić information content (AvgIpc) is 3.21. The number of carboxylic acid groups (broad SMARTS) is 1. The van der Waals surface area contributed by atoms with E-state index in [1.54, 1.807) is 4.90 Å². The normalized spacial score (nSPS) is 29.0. The zero-order valence-electron chi connectivity index (χ0n) is 14.0. The Bertz CT molecular complexity index is 442. The molecule has 1 aliphatic heterocycles. The van der Waals surface area contributed by atoms with E-state index in [4.69, 9.17) is 4.74 Å². The summed E-state index contributed by atoms with van der Waals surface area (Å²) in [5.41, 5.74) is -1.78. The van der Waals surface area contributed by atoms with Gasteiger partial charge in [0, 0.05) is 18.5 Å². The molecule has 6 heteroatoms. The van der Waals surface area contributed by atoms with E-state index in [-0.39, 0.29) is 12.0 Å². The van der Waals surface area contributed by atoms with Crippen LogP contribution in [0.2, 0.25) is 0 Å². The summed E-state index contributed by atoms with van der Waals surface area (Å²) in [4.78, 5) is 26.5. The van der Waals surface area contributed by atoms with Gasteiger partial charge >= 0.3 is 12.1 Å². The van der Waals surface area contributed by atoms with Gasteiger partial charge in [-0.3, -0.25) is 4.90 Å². The van der Waals surface area contributed by atoms with Gasteiger partial charge in [-0.25, -0.2) is 9.59 Å². The second kappa shape index (κ2) is 6.07. The molecular weight excluding hydrogens is 284 g/mol. The molecule has 2 atom stereocenters. The quantitative estimate of drug-likeness (QED) is 0.832. The molecule has 1 aliphatic carbocycles. The van der Waals surface area contributed by atoms with Crippen LogP contribution in [-0.4, -0.2) is 52.3 Å². The van der Waals surface area contributed by atoms with Gasteiger partial charge in [-0.2, -0.15) is 0 Å². The van der Waals surface area contributed by atoms with Crippen molar-refractivity contribution in [2.45, 2.75) is 70.6 Å². The first-order valence-corrected chi connectivity index (χ1v) is 8.18. The second-order valence-electron chi connectivity index (χ2n) is 7.37. The van der Waals surface area contributed by atoms with Crippen molar-refractivity contribution < 1.29 is 19.4 Å². The summed E-state index contributed by atoms with van der Waals surface area (Å²) in [7, 11) is 0. The molecule has 1 heterocycles. The summed E-state index contributed by atoms with van der Waals surface area (Å²) in [6.45, 7) is 8.63. The molecule has 1 saturated carbocycles. The van der Waals surface area contributed by atoms with Crippen LogP contribution in [0.15, 0.2) is 0 Å². The molecule has 0 radical (unpaired) electrons. The summed E-state index contributed by atoms with van der Waals surface area (Å²) in [6, 6.07) is -0.00176. The fraction of sp³-hybridized carbons (Fsp3) is 0.875. The third-order valence-electron chi connectivity index (χ3n) is 4.54. The number of carbonyl (C=O) groups is 2. The Labute approximate surface area is 132 Å². The van der Waals surface area contributed by atoms with E-state index in [0.29, 0.717) is 25.9 Å². The molecule has 6 nitrogen and oxygen atoms in total. The molecule has 1 amide bonds. The van der Waals surface area contributed by atoms with Gasteiger partial charge in [0.1, 0.15) is 11.1 Å². The number of carboxylic acids is 1. The highest BCUT2D eigenvalue weighted by atomic mass is 16.6. The van der Waals surface area contributed by atoms with Crippen molar-refractivity contribution in [3.8, 4) is 0 Å². The Morgan fingerprint density at radius 3 is 2.45 bits per heavy atom. The van der Waals surface area contributed by atoms with Crippen molar-refractivity contribution in [3.63, 3.8) is 0 Å². The van der Waals surface area contributed by atoms with Crippen molar-refractivity contribution in [1.82, 2.24) is 10.2 Å². The number of amides is 1. The van der Waals surface area contributed by atoms with Crippen LogP contribution < -0.4 is 5.32 Å². The Balaban J connectivity index is 2.37. The van der Waals surface area contributed by atoms with Crippen molar-refractivity contribution >= 4 is 12.1 Å². The zero-order chi connectivity index (χ0) is 16.5. The van der Waals surface area contributed by atoms with E-state index in [1.165, 1.54) is 0 Å². The first-order valence-electron chi connectivity index (χ1n) is 8.18. The number of hydrogen-bond acceptors (Lipinski definition) is 4. The molecule has 1 saturated heterocycles. The Morgan fingerprint density at radius 1 is 1.36 bits per heavy atom. The fourth-order valence-corrected chi connectivity index (χ4v) is 3.39. The van der Waals surface area contributed by atoms with Gasteiger partial charge < -0.3 is 15.2 Å². The van der Waals surface area contributed by atoms with Gasteiger partial charge in [0.05, 0.1) is 0 Å². The predicted molar refractivity (Wildman–Crippen MR) is 82.7 cm³/mol. The monoisotopic (exact) mass is 312 g/mol. The molecule has 126 valence electrons. The summed E-state index contributed by atoms with van der Waals surface area (Å²) < 4.78 is 5.53. The van der Waals surface area contributed by atoms with E-state index in [1.807, 2.05) is 27.7 Å². The van der Waals surface area contributed by atoms with E-state index in [0.717, 1.165) is 12.8 Å². The number of nitrogens with one attached hydrogen (secondary N) is 1. The smallest absolute Gasteiger partial charge is 0.411 e. The highest BCUT2D eigenvalue weighted by Crippen LogP contribution is 2.42. The van der Waals surface area contributed by atoms with Crippen molar-refractivity contribution in [2.24, 2.45) is 5.92 Å². The molecule has 0 spiro atoms. The van der Waals surface area contributed by atoms with Crippen LogP contribution in [0.1, 0.15) is 53.4 Å².